The van der Waals surface area contributed by atoms with Crippen LogP contribution in [0.15, 0.2) is 25.1 Å². The van der Waals surface area contributed by atoms with Gasteiger partial charge in [0.2, 0.25) is 5.82 Å². The van der Waals surface area contributed by atoms with E-state index in [-0.39, 0.29) is 5.91 Å². The van der Waals surface area contributed by atoms with Crippen molar-refractivity contribution in [2.75, 3.05) is 27.2 Å². The number of hydroxylamine groups is 2. The summed E-state index contributed by atoms with van der Waals surface area (Å²) in [5.41, 5.74) is 0.553. The second-order valence-corrected chi connectivity index (χ2v) is 12.2. The molecule has 0 radical (unpaired) electrons. The summed E-state index contributed by atoms with van der Waals surface area (Å²) in [6, 6.07) is -0.427. The minimum atomic E-state index is -0.447. The van der Waals surface area contributed by atoms with E-state index in [9.17, 15) is 10.0 Å². The summed E-state index contributed by atoms with van der Waals surface area (Å²) in [4.78, 5) is 16.3. The fourth-order valence-electron chi connectivity index (χ4n) is 5.50. The zero-order valence-corrected chi connectivity index (χ0v) is 23.2. The van der Waals surface area contributed by atoms with Crippen molar-refractivity contribution in [2.45, 2.75) is 109 Å². The fraction of sp³-hybridized carbons (Fsp3) is 0.793. The fourth-order valence-corrected chi connectivity index (χ4v) is 5.50. The third-order valence-electron chi connectivity index (χ3n) is 8.81. The molecule has 0 aromatic carbocycles. The molecule has 6 rings (SSSR count). The van der Waals surface area contributed by atoms with Gasteiger partial charge < -0.3 is 4.90 Å². The largest absolute Gasteiger partial charge is 0.348 e. The molecule has 198 valence electrons. The zero-order chi connectivity index (χ0) is 25.8. The molecule has 1 saturated heterocycles. The molecule has 3 aliphatic carbocycles. The van der Waals surface area contributed by atoms with E-state index in [0.29, 0.717) is 12.3 Å². The van der Waals surface area contributed by atoms with Crippen molar-refractivity contribution in [3.05, 3.63) is 25.1 Å². The standard InChI is InChI=1S/C12H18N3O2.C6H13N.C6H12.C5H8/c1-6-7-9-10(16)15(17)11-12(3,4)13(5)8(2)14(9)11;1-7-5-3-2-4-6-7;1-6-4-2-3-5-6;1-2-5(1)3-4-5/h6,9,17H,1-2,7H2,3-5H3;2-6H2,1H3;6H,2-5H2,1H3;1-4H2/q+1;;;. The molecular weight excluding hydrogens is 436 g/mol. The van der Waals surface area contributed by atoms with Gasteiger partial charge in [0.25, 0.3) is 5.84 Å². The van der Waals surface area contributed by atoms with Crippen LogP contribution in [0.2, 0.25) is 0 Å². The van der Waals surface area contributed by atoms with Crippen molar-refractivity contribution >= 4 is 11.7 Å². The maximum Gasteiger partial charge on any atom is 0.348 e. The second-order valence-electron chi connectivity index (χ2n) is 12.2. The molecule has 0 aromatic rings. The lowest BCUT2D eigenvalue weighted by Crippen LogP contribution is -2.50. The lowest BCUT2D eigenvalue weighted by atomic mass is 10.0. The van der Waals surface area contributed by atoms with Crippen LogP contribution >= 0.6 is 0 Å². The number of rotatable bonds is 2. The molecule has 4 fully saturated rings. The number of hydrogen-bond acceptors (Lipinski definition) is 4. The Hall–Kier alpha value is -1.66. The van der Waals surface area contributed by atoms with E-state index in [0.717, 1.165) is 22.2 Å². The smallest absolute Gasteiger partial charge is 0.306 e. The van der Waals surface area contributed by atoms with Crippen LogP contribution in [0, 0.1) is 11.3 Å². The van der Waals surface area contributed by atoms with Crippen molar-refractivity contribution < 1.29 is 14.6 Å². The van der Waals surface area contributed by atoms with E-state index in [1.807, 2.05) is 25.8 Å². The molecule has 1 amide bonds. The van der Waals surface area contributed by atoms with Gasteiger partial charge in [0.15, 0.2) is 11.6 Å². The molecule has 0 bridgehead atoms. The first kappa shape index (κ1) is 27.9. The highest BCUT2D eigenvalue weighted by Gasteiger charge is 2.60. The van der Waals surface area contributed by atoms with E-state index in [1.165, 1.54) is 58.0 Å². The van der Waals surface area contributed by atoms with E-state index >= 15 is 0 Å². The van der Waals surface area contributed by atoms with Gasteiger partial charge in [-0.2, -0.15) is 0 Å². The molecule has 35 heavy (non-hydrogen) atoms. The van der Waals surface area contributed by atoms with E-state index in [4.69, 9.17) is 0 Å². The number of likely N-dealkylation sites (tertiary alicyclic amines) is 1. The number of carbonyl (C=O) groups excluding carboxylic acids is 1. The SMILES string of the molecule is C1CC12CC2.C=CCC1C(=O)N(O)C2=[N+]1C(=C)N(C)C2(C)C.CC1CCCC1.CN1CCCCC1. The van der Waals surface area contributed by atoms with Crippen LogP contribution in [0.25, 0.3) is 0 Å². The molecule has 6 nitrogen and oxygen atoms in total. The first-order valence-electron chi connectivity index (χ1n) is 14.0. The van der Waals surface area contributed by atoms with Crippen LogP contribution < -0.4 is 0 Å². The Labute approximate surface area is 214 Å². The number of piperidine rings is 1. The van der Waals surface area contributed by atoms with Gasteiger partial charge in [-0.15, -0.1) is 6.58 Å². The molecule has 1 spiro atoms. The minimum Gasteiger partial charge on any atom is -0.306 e. The topological polar surface area (TPSA) is 50.0 Å². The highest BCUT2D eigenvalue weighted by atomic mass is 16.5. The van der Waals surface area contributed by atoms with Crippen molar-refractivity contribution in [2.24, 2.45) is 11.3 Å². The molecule has 1 atom stereocenters. The number of carbonyl (C=O) groups is 1. The van der Waals surface area contributed by atoms with Crippen LogP contribution in [-0.2, 0) is 4.79 Å². The normalized spacial score (nSPS) is 28.0. The minimum absolute atomic E-state index is 0.317. The van der Waals surface area contributed by atoms with Crippen LogP contribution in [0.4, 0.5) is 0 Å². The average Bonchev–Trinajstić information content (AvgIpc) is 3.71. The Balaban J connectivity index is 0.000000153. The molecule has 1 unspecified atom stereocenters. The van der Waals surface area contributed by atoms with Crippen molar-refractivity contribution in [1.29, 1.82) is 0 Å². The predicted molar refractivity (Wildman–Crippen MR) is 143 cm³/mol. The highest BCUT2D eigenvalue weighted by molar-refractivity contribution is 6.05. The summed E-state index contributed by atoms with van der Waals surface area (Å²) in [7, 11) is 4.09. The Bertz CT molecular complexity index is 784. The summed E-state index contributed by atoms with van der Waals surface area (Å²) in [5.74, 6) is 2.02. The van der Waals surface area contributed by atoms with Gasteiger partial charge in [0, 0.05) is 6.42 Å². The number of amides is 1. The summed E-state index contributed by atoms with van der Waals surface area (Å²) in [6.45, 7) is 16.5. The molecule has 6 aliphatic rings. The zero-order valence-electron chi connectivity index (χ0n) is 23.2. The van der Waals surface area contributed by atoms with Crippen LogP contribution in [-0.4, -0.2) is 75.2 Å². The van der Waals surface area contributed by atoms with Gasteiger partial charge in [0.1, 0.15) is 0 Å². The van der Waals surface area contributed by atoms with E-state index < -0.39 is 11.6 Å². The first-order valence-corrected chi connectivity index (χ1v) is 14.0. The van der Waals surface area contributed by atoms with Crippen LogP contribution in [0.5, 0.6) is 0 Å². The lowest BCUT2D eigenvalue weighted by molar-refractivity contribution is -0.503. The summed E-state index contributed by atoms with van der Waals surface area (Å²) in [5, 5.41) is 10.7. The number of amidine groups is 1. The van der Waals surface area contributed by atoms with Gasteiger partial charge in [0.05, 0.1) is 7.05 Å². The molecule has 3 saturated carbocycles. The third kappa shape index (κ3) is 6.76. The average molecular weight is 488 g/mol. The van der Waals surface area contributed by atoms with Gasteiger partial charge in [-0.3, -0.25) is 4.90 Å². The Morgan fingerprint density at radius 3 is 1.91 bits per heavy atom. The van der Waals surface area contributed by atoms with Crippen molar-refractivity contribution in [1.82, 2.24) is 14.9 Å². The lowest BCUT2D eigenvalue weighted by Gasteiger charge is -2.26. The van der Waals surface area contributed by atoms with Crippen LogP contribution in [0.3, 0.4) is 0 Å². The number of likely N-dealkylation sites (N-methyl/N-ethyl adjacent to an activating group) is 1. The quantitative estimate of drug-likeness (QED) is 0.312. The predicted octanol–water partition coefficient (Wildman–Crippen LogP) is 5.63. The van der Waals surface area contributed by atoms with Crippen molar-refractivity contribution in [3.8, 4) is 0 Å². The molecule has 3 aliphatic heterocycles. The van der Waals surface area contributed by atoms with Crippen molar-refractivity contribution in [3.63, 3.8) is 0 Å². The number of hydrogen-bond donors (Lipinski definition) is 1. The van der Waals surface area contributed by atoms with E-state index in [1.54, 1.807) is 36.3 Å². The summed E-state index contributed by atoms with van der Waals surface area (Å²) < 4.78 is 1.80. The van der Waals surface area contributed by atoms with Gasteiger partial charge in [-0.25, -0.2) is 14.6 Å². The maximum atomic E-state index is 12.0. The monoisotopic (exact) mass is 487 g/mol. The van der Waals surface area contributed by atoms with E-state index in [2.05, 4.69) is 32.0 Å². The third-order valence-corrected chi connectivity index (χ3v) is 8.81. The van der Waals surface area contributed by atoms with Gasteiger partial charge in [-0.05, 0) is 90.4 Å². The molecule has 6 heteroatoms. The molecule has 0 aromatic heterocycles. The Morgan fingerprint density at radius 2 is 1.57 bits per heavy atom. The maximum absolute atomic E-state index is 12.0. The second kappa shape index (κ2) is 11.6. The van der Waals surface area contributed by atoms with Gasteiger partial charge >= 0.3 is 5.91 Å². The van der Waals surface area contributed by atoms with Gasteiger partial charge in [-0.1, -0.05) is 50.2 Å². The van der Waals surface area contributed by atoms with Crippen LogP contribution in [0.1, 0.15) is 97.8 Å². The summed E-state index contributed by atoms with van der Waals surface area (Å²) in [6.07, 6.45) is 18.6. The molecular formula is C29H51N4O2+. The summed E-state index contributed by atoms with van der Waals surface area (Å²) >= 11 is 0. The Kier molecular flexibility index (Phi) is 9.25. The Morgan fingerprint density at radius 1 is 1.03 bits per heavy atom. The molecule has 1 N–H and O–H groups in total. The first-order chi connectivity index (χ1) is 16.5. The molecule has 3 heterocycles. The number of nitrogens with zero attached hydrogens (tertiary/aromatic N) is 4. The highest BCUT2D eigenvalue weighted by Crippen LogP contribution is 2.65.